The number of ketones is 1. The minimum absolute atomic E-state index is 0.0300. The highest BCUT2D eigenvalue weighted by molar-refractivity contribution is 14.1. The lowest BCUT2D eigenvalue weighted by Crippen LogP contribution is -2.05. The van der Waals surface area contributed by atoms with Crippen LogP contribution in [0.3, 0.4) is 0 Å². The van der Waals surface area contributed by atoms with Crippen LogP contribution in [0.2, 0.25) is 5.02 Å². The first-order valence-corrected chi connectivity index (χ1v) is 7.13. The molecule has 2 aromatic rings. The van der Waals surface area contributed by atoms with Crippen molar-refractivity contribution >= 4 is 40.0 Å². The molecule has 2 rings (SSSR count). The summed E-state index contributed by atoms with van der Waals surface area (Å²) in [5.74, 6) is 0.537. The zero-order chi connectivity index (χ0) is 14.0. The van der Waals surface area contributed by atoms with E-state index in [1.54, 1.807) is 25.3 Å². The summed E-state index contributed by atoms with van der Waals surface area (Å²) in [6.07, 6.45) is 0. The Labute approximate surface area is 130 Å². The number of carbonyl (C=O) groups is 1. The molecule has 19 heavy (non-hydrogen) atoms. The van der Waals surface area contributed by atoms with Gasteiger partial charge in [0.15, 0.2) is 5.78 Å². The molecular formula is C15H12ClIO2. The quantitative estimate of drug-likeness (QED) is 0.574. The zero-order valence-electron chi connectivity index (χ0n) is 10.5. The lowest BCUT2D eigenvalue weighted by atomic mass is 10.0. The fraction of sp³-hybridized carbons (Fsp3) is 0.133. The number of benzene rings is 2. The number of hydrogen-bond acceptors (Lipinski definition) is 2. The number of rotatable bonds is 3. The Morgan fingerprint density at radius 1 is 1.26 bits per heavy atom. The van der Waals surface area contributed by atoms with Crippen LogP contribution in [0.4, 0.5) is 0 Å². The van der Waals surface area contributed by atoms with Gasteiger partial charge in [-0.1, -0.05) is 23.7 Å². The molecule has 0 radical (unpaired) electrons. The van der Waals surface area contributed by atoms with Crippen LogP contribution >= 0.6 is 34.2 Å². The molecule has 0 bridgehead atoms. The maximum Gasteiger partial charge on any atom is 0.194 e. The summed E-state index contributed by atoms with van der Waals surface area (Å²) in [5.41, 5.74) is 2.35. The first-order valence-electron chi connectivity index (χ1n) is 5.68. The van der Waals surface area contributed by atoms with Gasteiger partial charge in [-0.05, 0) is 59.3 Å². The summed E-state index contributed by atoms with van der Waals surface area (Å²) >= 11 is 8.24. The maximum atomic E-state index is 12.5. The zero-order valence-corrected chi connectivity index (χ0v) is 13.4. The summed E-state index contributed by atoms with van der Waals surface area (Å²) in [7, 11) is 1.55. The predicted octanol–water partition coefficient (Wildman–Crippen LogP) is 4.49. The summed E-state index contributed by atoms with van der Waals surface area (Å²) in [6.45, 7) is 1.99. The Morgan fingerprint density at radius 2 is 2.00 bits per heavy atom. The van der Waals surface area contributed by atoms with E-state index in [-0.39, 0.29) is 5.78 Å². The van der Waals surface area contributed by atoms with Crippen molar-refractivity contribution in [2.75, 3.05) is 7.11 Å². The molecule has 0 aromatic heterocycles. The Kier molecular flexibility index (Phi) is 4.47. The Morgan fingerprint density at radius 3 is 2.63 bits per heavy atom. The van der Waals surface area contributed by atoms with Crippen LogP contribution in [0.25, 0.3) is 0 Å². The number of methoxy groups -OCH3 is 1. The third-order valence-corrected chi connectivity index (χ3v) is 4.58. The molecule has 0 amide bonds. The van der Waals surface area contributed by atoms with E-state index in [9.17, 15) is 4.79 Å². The molecule has 0 spiro atoms. The van der Waals surface area contributed by atoms with Crippen molar-refractivity contribution < 1.29 is 9.53 Å². The van der Waals surface area contributed by atoms with Gasteiger partial charge in [0.25, 0.3) is 0 Å². The lowest BCUT2D eigenvalue weighted by Gasteiger charge is -2.08. The molecule has 0 fully saturated rings. The monoisotopic (exact) mass is 386 g/mol. The molecular weight excluding hydrogens is 375 g/mol. The van der Waals surface area contributed by atoms with Crippen LogP contribution in [0.1, 0.15) is 21.5 Å². The standard InChI is InChI=1S/C15H12ClIO2/c1-9-4-3-5-11(14(9)17)15(18)10-6-7-13(19-2)12(16)8-10/h3-8H,1-2H3. The van der Waals surface area contributed by atoms with Crippen molar-refractivity contribution in [1.29, 1.82) is 0 Å². The molecule has 0 aliphatic heterocycles. The topological polar surface area (TPSA) is 26.3 Å². The van der Waals surface area contributed by atoms with Crippen molar-refractivity contribution in [2.45, 2.75) is 6.92 Å². The second-order valence-corrected chi connectivity index (χ2v) is 5.60. The maximum absolute atomic E-state index is 12.5. The molecule has 0 saturated carbocycles. The van der Waals surface area contributed by atoms with Gasteiger partial charge in [-0.25, -0.2) is 0 Å². The second-order valence-electron chi connectivity index (χ2n) is 4.11. The SMILES string of the molecule is COc1ccc(C(=O)c2cccc(C)c2I)cc1Cl. The molecule has 2 aromatic carbocycles. The van der Waals surface area contributed by atoms with Gasteiger partial charge >= 0.3 is 0 Å². The van der Waals surface area contributed by atoms with E-state index < -0.39 is 0 Å². The normalized spacial score (nSPS) is 10.3. The lowest BCUT2D eigenvalue weighted by molar-refractivity contribution is 0.103. The van der Waals surface area contributed by atoms with Gasteiger partial charge in [-0.2, -0.15) is 0 Å². The largest absolute Gasteiger partial charge is 0.495 e. The minimum atomic E-state index is -0.0300. The third kappa shape index (κ3) is 2.92. The highest BCUT2D eigenvalue weighted by atomic mass is 127. The smallest absolute Gasteiger partial charge is 0.194 e. The molecule has 0 N–H and O–H groups in total. The van der Waals surface area contributed by atoms with Crippen LogP contribution in [0, 0.1) is 10.5 Å². The number of carbonyl (C=O) groups excluding carboxylic acids is 1. The van der Waals surface area contributed by atoms with E-state index in [4.69, 9.17) is 16.3 Å². The van der Waals surface area contributed by atoms with Gasteiger partial charge in [0.05, 0.1) is 12.1 Å². The number of hydrogen-bond donors (Lipinski definition) is 0. The van der Waals surface area contributed by atoms with Crippen LogP contribution < -0.4 is 4.74 Å². The van der Waals surface area contributed by atoms with E-state index in [2.05, 4.69) is 22.6 Å². The molecule has 98 valence electrons. The highest BCUT2D eigenvalue weighted by Crippen LogP contribution is 2.27. The summed E-state index contributed by atoms with van der Waals surface area (Å²) in [4.78, 5) is 12.5. The van der Waals surface area contributed by atoms with E-state index in [0.717, 1.165) is 9.13 Å². The summed E-state index contributed by atoms with van der Waals surface area (Å²) in [6, 6.07) is 10.8. The Bertz CT molecular complexity index is 638. The van der Waals surface area contributed by atoms with Crippen LogP contribution in [0.15, 0.2) is 36.4 Å². The van der Waals surface area contributed by atoms with Gasteiger partial charge in [0, 0.05) is 14.7 Å². The molecule has 0 heterocycles. The van der Waals surface area contributed by atoms with Crippen LogP contribution in [0.5, 0.6) is 5.75 Å². The molecule has 0 aliphatic carbocycles. The van der Waals surface area contributed by atoms with E-state index in [1.807, 2.05) is 25.1 Å². The van der Waals surface area contributed by atoms with Crippen molar-refractivity contribution in [3.63, 3.8) is 0 Å². The summed E-state index contributed by atoms with van der Waals surface area (Å²) in [5, 5.41) is 0.441. The Balaban J connectivity index is 2.44. The Hall–Kier alpha value is -1.07. The molecule has 4 heteroatoms. The van der Waals surface area contributed by atoms with Crippen molar-refractivity contribution in [1.82, 2.24) is 0 Å². The second kappa shape index (κ2) is 5.92. The van der Waals surface area contributed by atoms with Gasteiger partial charge in [-0.3, -0.25) is 4.79 Å². The van der Waals surface area contributed by atoms with E-state index in [1.165, 1.54) is 0 Å². The van der Waals surface area contributed by atoms with E-state index >= 15 is 0 Å². The molecule has 0 saturated heterocycles. The van der Waals surface area contributed by atoms with Crippen LogP contribution in [-0.2, 0) is 0 Å². The fourth-order valence-corrected chi connectivity index (χ4v) is 2.65. The predicted molar refractivity (Wildman–Crippen MR) is 85.3 cm³/mol. The first kappa shape index (κ1) is 14.3. The minimum Gasteiger partial charge on any atom is -0.495 e. The van der Waals surface area contributed by atoms with Gasteiger partial charge < -0.3 is 4.74 Å². The van der Waals surface area contributed by atoms with Crippen molar-refractivity contribution in [3.8, 4) is 5.75 Å². The fourth-order valence-electron chi connectivity index (χ4n) is 1.79. The van der Waals surface area contributed by atoms with Gasteiger partial charge in [0.1, 0.15) is 5.75 Å². The number of aryl methyl sites for hydroxylation is 1. The molecule has 2 nitrogen and oxygen atoms in total. The number of ether oxygens (including phenoxy) is 1. The molecule has 0 atom stereocenters. The van der Waals surface area contributed by atoms with Gasteiger partial charge in [0.2, 0.25) is 0 Å². The first-order chi connectivity index (χ1) is 9.04. The van der Waals surface area contributed by atoms with E-state index in [0.29, 0.717) is 21.9 Å². The van der Waals surface area contributed by atoms with Crippen LogP contribution in [-0.4, -0.2) is 12.9 Å². The molecule has 0 unspecified atom stereocenters. The van der Waals surface area contributed by atoms with Crippen molar-refractivity contribution in [2.24, 2.45) is 0 Å². The average molecular weight is 387 g/mol. The van der Waals surface area contributed by atoms with Gasteiger partial charge in [-0.15, -0.1) is 0 Å². The van der Waals surface area contributed by atoms with Crippen molar-refractivity contribution in [3.05, 3.63) is 61.7 Å². The third-order valence-electron chi connectivity index (χ3n) is 2.85. The average Bonchev–Trinajstić information content (AvgIpc) is 2.41. The highest BCUT2D eigenvalue weighted by Gasteiger charge is 2.15. The summed E-state index contributed by atoms with van der Waals surface area (Å²) < 4.78 is 6.05. The molecule has 0 aliphatic rings. The number of halogens is 2.